The van der Waals surface area contributed by atoms with Gasteiger partial charge in [0.2, 0.25) is 0 Å². The molecule has 1 aliphatic carbocycles. The maximum atomic E-state index is 13.6. The maximum absolute atomic E-state index is 13.6. The van der Waals surface area contributed by atoms with E-state index in [0.29, 0.717) is 19.4 Å². The predicted octanol–water partition coefficient (Wildman–Crippen LogP) is 2.41. The van der Waals surface area contributed by atoms with Gasteiger partial charge < -0.3 is 15.2 Å². The van der Waals surface area contributed by atoms with Gasteiger partial charge in [-0.25, -0.2) is 9.18 Å². The molecule has 0 atom stereocenters. The third kappa shape index (κ3) is 3.27. The first-order chi connectivity index (χ1) is 9.92. The van der Waals surface area contributed by atoms with Gasteiger partial charge in [0.05, 0.1) is 11.0 Å². The molecular formula is C13H15FN2O5. The van der Waals surface area contributed by atoms with Gasteiger partial charge >= 0.3 is 5.97 Å². The van der Waals surface area contributed by atoms with Gasteiger partial charge in [0.25, 0.3) is 5.69 Å². The van der Waals surface area contributed by atoms with E-state index >= 15 is 0 Å². The smallest absolute Gasteiger partial charge is 0.338 e. The first-order valence-electron chi connectivity index (χ1n) is 6.51. The number of rotatable bonds is 6. The number of nitrogens with zero attached hydrogens (tertiary/aromatic N) is 1. The number of carboxylic acids is 1. The topological polar surface area (TPSA) is 102 Å². The number of benzene rings is 1. The fraction of sp³-hybridized carbons (Fsp3) is 0.462. The summed E-state index contributed by atoms with van der Waals surface area (Å²) in [5, 5.41) is 22.7. The minimum Gasteiger partial charge on any atom is -0.478 e. The van der Waals surface area contributed by atoms with Crippen molar-refractivity contribution in [1.82, 2.24) is 0 Å². The molecule has 1 fully saturated rings. The summed E-state index contributed by atoms with van der Waals surface area (Å²) in [6.45, 7) is 2.48. The van der Waals surface area contributed by atoms with Crippen LogP contribution < -0.4 is 5.32 Å². The lowest BCUT2D eigenvalue weighted by Gasteiger charge is -2.35. The van der Waals surface area contributed by atoms with Gasteiger partial charge in [-0.2, -0.15) is 0 Å². The Morgan fingerprint density at radius 3 is 2.76 bits per heavy atom. The van der Waals surface area contributed by atoms with Gasteiger partial charge in [-0.1, -0.05) is 0 Å². The highest BCUT2D eigenvalue weighted by molar-refractivity contribution is 5.90. The lowest BCUT2D eigenvalue weighted by molar-refractivity contribution is -0.384. The van der Waals surface area contributed by atoms with Crippen LogP contribution in [0.15, 0.2) is 12.1 Å². The highest BCUT2D eigenvalue weighted by atomic mass is 19.1. The Morgan fingerprint density at radius 2 is 2.24 bits per heavy atom. The largest absolute Gasteiger partial charge is 0.478 e. The third-order valence-corrected chi connectivity index (χ3v) is 3.37. The van der Waals surface area contributed by atoms with Crippen LogP contribution in [0.1, 0.15) is 30.1 Å². The number of carboxylic acid groups (broad SMARTS) is 1. The van der Waals surface area contributed by atoms with E-state index in [4.69, 9.17) is 9.84 Å². The zero-order valence-electron chi connectivity index (χ0n) is 11.3. The number of nitrogens with one attached hydrogen (secondary N) is 1. The summed E-state index contributed by atoms with van der Waals surface area (Å²) in [5.74, 6) is -2.54. The zero-order chi connectivity index (χ0) is 15.6. The Morgan fingerprint density at radius 1 is 1.57 bits per heavy atom. The maximum Gasteiger partial charge on any atom is 0.338 e. The minimum absolute atomic E-state index is 0.0116. The first kappa shape index (κ1) is 15.2. The number of anilines is 1. The van der Waals surface area contributed by atoms with Crippen molar-refractivity contribution in [3.63, 3.8) is 0 Å². The van der Waals surface area contributed by atoms with Crippen LogP contribution >= 0.6 is 0 Å². The molecular weight excluding hydrogens is 283 g/mol. The van der Waals surface area contributed by atoms with E-state index in [0.717, 1.165) is 12.1 Å². The van der Waals surface area contributed by atoms with Gasteiger partial charge in [-0.05, 0) is 19.8 Å². The fourth-order valence-corrected chi connectivity index (χ4v) is 2.27. The number of halogens is 1. The Bertz CT molecular complexity index is 572. The molecule has 114 valence electrons. The summed E-state index contributed by atoms with van der Waals surface area (Å²) < 4.78 is 19.0. The summed E-state index contributed by atoms with van der Waals surface area (Å²) in [4.78, 5) is 21.1. The van der Waals surface area contributed by atoms with E-state index in [-0.39, 0.29) is 17.8 Å². The van der Waals surface area contributed by atoms with Crippen molar-refractivity contribution in [3.05, 3.63) is 33.6 Å². The monoisotopic (exact) mass is 298 g/mol. The second-order valence-corrected chi connectivity index (χ2v) is 4.80. The van der Waals surface area contributed by atoms with Gasteiger partial charge in [-0.3, -0.25) is 10.1 Å². The van der Waals surface area contributed by atoms with Crippen LogP contribution in [0.2, 0.25) is 0 Å². The van der Waals surface area contributed by atoms with Crippen LogP contribution in [0.3, 0.4) is 0 Å². The SMILES string of the molecule is CCOC1CC(Nc2cc(F)c(C(=O)O)cc2[N+](=O)[O-])C1. The van der Waals surface area contributed by atoms with E-state index in [1.807, 2.05) is 6.92 Å². The highest BCUT2D eigenvalue weighted by Gasteiger charge is 2.31. The number of carbonyl (C=O) groups is 1. The van der Waals surface area contributed by atoms with Gasteiger partial charge in [-0.15, -0.1) is 0 Å². The van der Waals surface area contributed by atoms with Crippen LogP contribution in [0.4, 0.5) is 15.8 Å². The quantitative estimate of drug-likeness (QED) is 0.617. The summed E-state index contributed by atoms with van der Waals surface area (Å²) in [7, 11) is 0. The molecule has 0 spiro atoms. The second-order valence-electron chi connectivity index (χ2n) is 4.80. The van der Waals surface area contributed by atoms with Crippen LogP contribution in [0, 0.1) is 15.9 Å². The molecule has 0 heterocycles. The number of hydrogen-bond acceptors (Lipinski definition) is 5. The fourth-order valence-electron chi connectivity index (χ4n) is 2.27. The molecule has 21 heavy (non-hydrogen) atoms. The molecule has 7 nitrogen and oxygen atoms in total. The third-order valence-electron chi connectivity index (χ3n) is 3.37. The van der Waals surface area contributed by atoms with Gasteiger partial charge in [0.1, 0.15) is 17.1 Å². The molecule has 1 aromatic carbocycles. The van der Waals surface area contributed by atoms with Gasteiger partial charge in [0, 0.05) is 24.8 Å². The van der Waals surface area contributed by atoms with Gasteiger partial charge in [0.15, 0.2) is 0 Å². The van der Waals surface area contributed by atoms with E-state index in [1.54, 1.807) is 0 Å². The lowest BCUT2D eigenvalue weighted by atomic mass is 9.89. The van der Waals surface area contributed by atoms with Crippen LogP contribution in [-0.4, -0.2) is 34.8 Å². The predicted molar refractivity (Wildman–Crippen MR) is 72.1 cm³/mol. The van der Waals surface area contributed by atoms with Crippen molar-refractivity contribution < 1.29 is 24.0 Å². The molecule has 1 saturated carbocycles. The number of nitro benzene ring substituents is 1. The average molecular weight is 298 g/mol. The highest BCUT2D eigenvalue weighted by Crippen LogP contribution is 2.33. The van der Waals surface area contributed by atoms with E-state index < -0.39 is 28.0 Å². The van der Waals surface area contributed by atoms with E-state index in [9.17, 15) is 19.3 Å². The molecule has 1 aromatic rings. The first-order valence-corrected chi connectivity index (χ1v) is 6.51. The molecule has 0 aromatic heterocycles. The van der Waals surface area contributed by atoms with Crippen molar-refractivity contribution in [2.75, 3.05) is 11.9 Å². The van der Waals surface area contributed by atoms with E-state index in [1.165, 1.54) is 0 Å². The molecule has 8 heteroatoms. The Balaban J connectivity index is 2.17. The minimum atomic E-state index is -1.54. The van der Waals surface area contributed by atoms with Crippen LogP contribution in [-0.2, 0) is 4.74 Å². The summed E-state index contributed by atoms with van der Waals surface area (Å²) in [6.07, 6.45) is 1.45. The molecule has 0 radical (unpaired) electrons. The zero-order valence-corrected chi connectivity index (χ0v) is 11.3. The second kappa shape index (κ2) is 6.04. The lowest BCUT2D eigenvalue weighted by Crippen LogP contribution is -2.41. The number of hydrogen-bond donors (Lipinski definition) is 2. The van der Waals surface area contributed by atoms with Crippen molar-refractivity contribution in [2.24, 2.45) is 0 Å². The number of nitro groups is 1. The van der Waals surface area contributed by atoms with Crippen molar-refractivity contribution in [2.45, 2.75) is 31.9 Å². The molecule has 2 N–H and O–H groups in total. The number of aromatic carboxylic acids is 1. The van der Waals surface area contributed by atoms with Crippen LogP contribution in [0.25, 0.3) is 0 Å². The molecule has 0 unspecified atom stereocenters. The summed E-state index contributed by atoms with van der Waals surface area (Å²) in [5.41, 5.74) is -1.18. The molecule has 0 aliphatic heterocycles. The van der Waals surface area contributed by atoms with Crippen LogP contribution in [0.5, 0.6) is 0 Å². The standard InChI is InChI=1S/C13H15FN2O5/c1-2-21-8-3-7(4-8)15-11-6-10(14)9(13(17)18)5-12(11)16(19)20/h5-8,15H,2-4H2,1H3,(H,17,18). The molecule has 2 rings (SSSR count). The molecule has 1 aliphatic rings. The number of ether oxygens (including phenoxy) is 1. The molecule has 0 saturated heterocycles. The average Bonchev–Trinajstić information content (AvgIpc) is 2.35. The van der Waals surface area contributed by atoms with Crippen molar-refractivity contribution in [1.29, 1.82) is 0 Å². The Hall–Kier alpha value is -2.22. The van der Waals surface area contributed by atoms with Crippen molar-refractivity contribution in [3.8, 4) is 0 Å². The van der Waals surface area contributed by atoms with E-state index in [2.05, 4.69) is 5.32 Å². The molecule has 0 amide bonds. The molecule has 0 bridgehead atoms. The summed E-state index contributed by atoms with van der Waals surface area (Å²) in [6, 6.07) is 1.55. The normalized spacial score (nSPS) is 20.7. The van der Waals surface area contributed by atoms with Crippen molar-refractivity contribution >= 4 is 17.3 Å². The summed E-state index contributed by atoms with van der Waals surface area (Å²) >= 11 is 0. The Labute approximate surface area is 119 Å². The Kier molecular flexibility index (Phi) is 4.37.